The van der Waals surface area contributed by atoms with Crippen LogP contribution in [0.4, 0.5) is 0 Å². The van der Waals surface area contributed by atoms with E-state index in [1.54, 1.807) is 11.5 Å². The van der Waals surface area contributed by atoms with E-state index < -0.39 is 143 Å². The van der Waals surface area contributed by atoms with Gasteiger partial charge in [-0.25, -0.2) is 9.55 Å². The van der Waals surface area contributed by atoms with Gasteiger partial charge in [0, 0.05) is 131 Å². The number of benzene rings is 1. The van der Waals surface area contributed by atoms with Crippen LogP contribution in [0, 0.1) is 59.2 Å². The van der Waals surface area contributed by atoms with Crippen molar-refractivity contribution in [1.29, 1.82) is 0 Å². The van der Waals surface area contributed by atoms with E-state index in [9.17, 15) is 58.3 Å². The highest BCUT2D eigenvalue weighted by Crippen LogP contribution is 2.63. The molecular formula is C62H89N12O15P. The summed E-state index contributed by atoms with van der Waals surface area (Å²) in [6.45, 7) is 19.1. The van der Waals surface area contributed by atoms with Crippen molar-refractivity contribution in [1.82, 2.24) is 20.2 Å². The first kappa shape index (κ1) is 68.9. The first-order valence-corrected chi connectivity index (χ1v) is 32.0. The molecule has 0 saturated carbocycles. The van der Waals surface area contributed by atoms with Gasteiger partial charge in [-0.05, 0) is 108 Å². The molecule has 6 aliphatic rings. The maximum Gasteiger partial charge on any atom is 0.472 e. The number of allylic oxidation sites excluding steroid dienone is 6. The number of nitrogens with two attached hydrogens (primary N) is 5. The molecule has 8 rings (SSSR count). The second-order valence-electron chi connectivity index (χ2n) is 27.0. The topological polar surface area (TPSA) is 454 Å². The SMILES string of the molecule is CC1=C2N=C(C=C3N/C(=C(/C)C4=N[C@@](C)([C@@H]5N=C1[C@](C)(CCC(=O)NC[C@H](C)OP(=O)(O)O[C@H]1[C@@H](O)[C@@H](n6cnc7cc(C)c(C)cc76)O[C@@H]1CO)[C@H]5CC(N)=O)[C@@](C)(CC(N)=O)[C@@H]4CCC(N)=O)[C@@](C)(CC(N)=O)[C@@H]3CCC(=O)O)C(C)(C)[C@@H]2CCC(N)=O. The summed E-state index contributed by atoms with van der Waals surface area (Å²) < 4.78 is 32.2. The number of hydrogen-bond donors (Lipinski definition) is 11. The number of carbonyl (C=O) groups is 7. The van der Waals surface area contributed by atoms with Crippen molar-refractivity contribution in [3.8, 4) is 0 Å². The number of primary amides is 5. The van der Waals surface area contributed by atoms with E-state index in [2.05, 4.69) is 15.6 Å². The minimum absolute atomic E-state index is 0.0216. The normalized spacial score (nSPS) is 32.8. The molecular weight excluding hydrogens is 1180 g/mol. The van der Waals surface area contributed by atoms with Gasteiger partial charge in [0.15, 0.2) is 6.23 Å². The molecule has 7 heterocycles. The van der Waals surface area contributed by atoms with E-state index in [4.69, 9.17) is 57.4 Å². The lowest BCUT2D eigenvalue weighted by Crippen LogP contribution is -2.56. The molecule has 0 spiro atoms. The van der Waals surface area contributed by atoms with Gasteiger partial charge < -0.3 is 68.8 Å². The molecule has 492 valence electrons. The summed E-state index contributed by atoms with van der Waals surface area (Å²) in [4.78, 5) is 125. The third kappa shape index (κ3) is 13.0. The number of fused-ring (bicyclic) bond motifs is 7. The molecule has 0 radical (unpaired) electrons. The van der Waals surface area contributed by atoms with Crippen LogP contribution in [0.3, 0.4) is 0 Å². The fourth-order valence-electron chi connectivity index (χ4n) is 15.4. The number of nitrogens with zero attached hydrogens (tertiary/aromatic N) is 5. The van der Waals surface area contributed by atoms with Crippen LogP contribution < -0.4 is 39.3 Å². The monoisotopic (exact) mass is 1270 g/mol. The van der Waals surface area contributed by atoms with Crippen LogP contribution in [-0.2, 0) is 51.9 Å². The maximum atomic E-state index is 14.4. The number of aliphatic hydroxyl groups excluding tert-OH is 2. The van der Waals surface area contributed by atoms with Crippen LogP contribution in [0.5, 0.6) is 0 Å². The smallest absolute Gasteiger partial charge is 0.472 e. The first-order chi connectivity index (χ1) is 41.8. The van der Waals surface area contributed by atoms with Crippen molar-refractivity contribution < 1.29 is 72.1 Å². The highest BCUT2D eigenvalue weighted by Gasteiger charge is 2.66. The second kappa shape index (κ2) is 25.6. The molecule has 27 nitrogen and oxygen atoms in total. The summed E-state index contributed by atoms with van der Waals surface area (Å²) >= 11 is 0. The van der Waals surface area contributed by atoms with E-state index in [-0.39, 0.29) is 77.2 Å². The third-order valence-electron chi connectivity index (χ3n) is 20.6. The number of hydrogen-bond acceptors (Lipinski definition) is 18. The number of aliphatic carboxylic acids is 1. The number of ether oxygens (including phenoxy) is 1. The van der Waals surface area contributed by atoms with E-state index >= 15 is 0 Å². The molecule has 2 aromatic rings. The molecule has 8 bridgehead atoms. The van der Waals surface area contributed by atoms with Crippen LogP contribution in [0.15, 0.2) is 67.8 Å². The van der Waals surface area contributed by atoms with Crippen LogP contribution in [0.1, 0.15) is 150 Å². The Bertz CT molecular complexity index is 3540. The molecule has 28 heteroatoms. The van der Waals surface area contributed by atoms with Gasteiger partial charge >= 0.3 is 13.8 Å². The zero-order valence-corrected chi connectivity index (χ0v) is 54.0. The largest absolute Gasteiger partial charge is 0.481 e. The van der Waals surface area contributed by atoms with E-state index in [1.807, 2.05) is 80.5 Å². The zero-order valence-electron chi connectivity index (χ0n) is 53.1. The van der Waals surface area contributed by atoms with Gasteiger partial charge in [-0.15, -0.1) is 0 Å². The number of aryl methyl sites for hydroxylation is 2. The lowest BCUT2D eigenvalue weighted by Gasteiger charge is -2.48. The molecule has 2 saturated heterocycles. The van der Waals surface area contributed by atoms with Gasteiger partial charge in [-0.3, -0.25) is 57.6 Å². The highest BCUT2D eigenvalue weighted by molar-refractivity contribution is 7.47. The van der Waals surface area contributed by atoms with Crippen LogP contribution in [0.2, 0.25) is 0 Å². The number of aliphatic imine (C=N–C) groups is 3. The number of rotatable bonds is 26. The van der Waals surface area contributed by atoms with Crippen molar-refractivity contribution in [2.75, 3.05) is 13.2 Å². The number of amides is 6. The Balaban J connectivity index is 1.19. The van der Waals surface area contributed by atoms with Gasteiger partial charge in [0.2, 0.25) is 35.4 Å². The quantitative estimate of drug-likeness (QED) is 0.0597. The summed E-state index contributed by atoms with van der Waals surface area (Å²) in [6, 6.07) is 2.68. The molecule has 1 aromatic heterocycles. The van der Waals surface area contributed by atoms with Crippen LogP contribution in [-0.4, -0.2) is 137 Å². The fourth-order valence-corrected chi connectivity index (χ4v) is 16.6. The number of phosphoric ester groups is 1. The fraction of sp³-hybridized carbons (Fsp3) is 0.629. The Labute approximate surface area is 522 Å². The van der Waals surface area contributed by atoms with Crippen molar-refractivity contribution in [2.24, 2.45) is 89.0 Å². The summed E-state index contributed by atoms with van der Waals surface area (Å²) in [6.07, 6.45) is -4.81. The maximum absolute atomic E-state index is 14.4. The zero-order chi connectivity index (χ0) is 66.7. The standard InChI is InChI=1S/C62H89N12O15P/c1-29-20-39-40(21-30(29)2)74(28-69-39)57-52(84)53(41(27-75)87-57)89-90(85,86)88-31(3)26-68-48(81)18-19-59(8)37(22-45(65)78)56-62(11)61(10,25-47(67)80)36(13-16-44(64)77)51(73-62)33(5)55-60(9,24-46(66)79)34(14-17-49(82)83)38(70-55)23-42-58(6,7)35(12-15-43(63)76)50(71-42)32(4)54(59)72-56/h20-21,23,28,31,34-37,41,52-53,56-57,70,75,84H,12-19,22,24-27H2,1-11H3,(H2,63,76)(H2,64,77)(H2,65,78)(H2,66,79)(H2,67,80)(H,68,81)(H,82,83)(H,85,86)/b38-23?,50-32?,55-33-/t31-,34+,35+,36+,37-,41+,52+,53+,56+,57-,59+,60-,61-,62-/m0/s1. The number of phosphoric acid groups is 1. The van der Waals surface area contributed by atoms with E-state index in [1.165, 1.54) is 13.3 Å². The van der Waals surface area contributed by atoms with Crippen molar-refractivity contribution in [2.45, 2.75) is 189 Å². The van der Waals surface area contributed by atoms with Crippen molar-refractivity contribution in [3.63, 3.8) is 0 Å². The number of nitrogens with one attached hydrogen (secondary N) is 2. The minimum atomic E-state index is -5.07. The van der Waals surface area contributed by atoms with Crippen LogP contribution in [0.25, 0.3) is 11.0 Å². The Morgan fingerprint density at radius 1 is 0.822 bits per heavy atom. The number of carbonyl (C=O) groups excluding carboxylic acids is 6. The van der Waals surface area contributed by atoms with Gasteiger partial charge in [0.25, 0.3) is 0 Å². The number of carboxylic acids is 1. The number of carboxylic acid groups (broad SMARTS) is 1. The summed E-state index contributed by atoms with van der Waals surface area (Å²) in [7, 11) is -5.07. The Morgan fingerprint density at radius 2 is 1.44 bits per heavy atom. The number of aromatic nitrogens is 2. The van der Waals surface area contributed by atoms with Gasteiger partial charge in [0.05, 0.1) is 41.7 Å². The summed E-state index contributed by atoms with van der Waals surface area (Å²) in [5, 5.41) is 38.3. The first-order valence-electron chi connectivity index (χ1n) is 30.5. The molecule has 2 fully saturated rings. The Hall–Kier alpha value is -7.00. The molecule has 1 aromatic carbocycles. The Kier molecular flexibility index (Phi) is 19.6. The van der Waals surface area contributed by atoms with Gasteiger partial charge in [-0.1, -0.05) is 34.6 Å². The lowest BCUT2D eigenvalue weighted by molar-refractivity contribution is -0.137. The predicted octanol–water partition coefficient (Wildman–Crippen LogP) is 3.76. The van der Waals surface area contributed by atoms with Gasteiger partial charge in [0.1, 0.15) is 18.3 Å². The minimum Gasteiger partial charge on any atom is -0.481 e. The van der Waals surface area contributed by atoms with E-state index in [0.29, 0.717) is 56.4 Å². The van der Waals surface area contributed by atoms with Crippen molar-refractivity contribution >= 4 is 77.4 Å². The summed E-state index contributed by atoms with van der Waals surface area (Å²) in [5.74, 6) is -7.90. The summed E-state index contributed by atoms with van der Waals surface area (Å²) in [5.41, 5.74) is 31.1. The molecule has 15 atom stereocenters. The second-order valence-corrected chi connectivity index (χ2v) is 28.4. The number of aliphatic hydroxyl groups is 2. The van der Waals surface area contributed by atoms with Crippen LogP contribution >= 0.6 is 7.82 Å². The third-order valence-corrected chi connectivity index (χ3v) is 21.7. The molecule has 6 amide bonds. The van der Waals surface area contributed by atoms with Crippen molar-refractivity contribution in [3.05, 3.63) is 63.9 Å². The average molecular weight is 1270 g/mol. The average Bonchev–Trinajstić information content (AvgIpc) is 1.53. The predicted molar refractivity (Wildman–Crippen MR) is 332 cm³/mol. The molecule has 1 unspecified atom stereocenters. The lowest BCUT2D eigenvalue weighted by atomic mass is 9.55. The molecule has 6 aliphatic heterocycles. The Morgan fingerprint density at radius 3 is 2.04 bits per heavy atom. The van der Waals surface area contributed by atoms with E-state index in [0.717, 1.165) is 11.1 Å². The highest BCUT2D eigenvalue weighted by atomic mass is 31.2. The van der Waals surface area contributed by atoms with Gasteiger partial charge in [-0.2, -0.15) is 0 Å². The molecule has 0 aliphatic carbocycles. The number of imidazole rings is 1. The molecule has 16 N–H and O–H groups in total. The molecule has 90 heavy (non-hydrogen) atoms.